The van der Waals surface area contributed by atoms with E-state index >= 15 is 0 Å². The molecule has 78 valence electrons. The molecule has 0 spiro atoms. The van der Waals surface area contributed by atoms with Crippen molar-refractivity contribution in [3.8, 4) is 5.75 Å². The van der Waals surface area contributed by atoms with Crippen LogP contribution in [0.4, 0.5) is 0 Å². The average Bonchev–Trinajstić information content (AvgIpc) is 2.08. The van der Waals surface area contributed by atoms with Gasteiger partial charge in [0.05, 0.1) is 0 Å². The zero-order valence-electron chi connectivity index (χ0n) is 7.97. The molecule has 0 bridgehead atoms. The highest BCUT2D eigenvalue weighted by molar-refractivity contribution is 5.62. The van der Waals surface area contributed by atoms with Crippen LogP contribution < -0.4 is 0 Å². The van der Waals surface area contributed by atoms with Gasteiger partial charge in [0, 0.05) is 13.5 Å². The second-order valence-electron chi connectivity index (χ2n) is 2.66. The Labute approximate surface area is 82.4 Å². The first kappa shape index (κ1) is 12.4. The Morgan fingerprint density at radius 2 is 1.71 bits per heavy atom. The van der Waals surface area contributed by atoms with Crippen molar-refractivity contribution in [2.24, 2.45) is 0 Å². The number of aliphatic hydroxyl groups excluding tert-OH is 1. The smallest absolute Gasteiger partial charge is 0.300 e. The fraction of sp³-hybridized carbons (Fsp3) is 0.300. The second-order valence-corrected chi connectivity index (χ2v) is 2.66. The monoisotopic (exact) mass is 198 g/mol. The first-order valence-corrected chi connectivity index (χ1v) is 4.14. The van der Waals surface area contributed by atoms with Gasteiger partial charge in [-0.05, 0) is 24.1 Å². The van der Waals surface area contributed by atoms with Crippen LogP contribution in [-0.2, 0) is 11.2 Å². The molecule has 14 heavy (non-hydrogen) atoms. The summed E-state index contributed by atoms with van der Waals surface area (Å²) in [5.74, 6) is -0.568. The molecule has 0 aliphatic carbocycles. The van der Waals surface area contributed by atoms with Crippen LogP contribution in [0.25, 0.3) is 0 Å². The molecule has 0 saturated heterocycles. The van der Waals surface area contributed by atoms with Gasteiger partial charge in [-0.25, -0.2) is 0 Å². The molecule has 0 saturated carbocycles. The molecule has 1 aromatic rings. The number of aliphatic carboxylic acids is 1. The highest BCUT2D eigenvalue weighted by Gasteiger charge is 1.90. The third-order valence-corrected chi connectivity index (χ3v) is 1.34. The topological polar surface area (TPSA) is 77.8 Å². The molecule has 4 heteroatoms. The van der Waals surface area contributed by atoms with Crippen molar-refractivity contribution >= 4 is 5.97 Å². The van der Waals surface area contributed by atoms with E-state index in [2.05, 4.69) is 0 Å². The minimum absolute atomic E-state index is 0.158. The molecule has 0 radical (unpaired) electrons. The van der Waals surface area contributed by atoms with Gasteiger partial charge in [-0.1, -0.05) is 12.1 Å². The number of hydrogen-bond acceptors (Lipinski definition) is 3. The summed E-state index contributed by atoms with van der Waals surface area (Å²) in [4.78, 5) is 9.00. The summed E-state index contributed by atoms with van der Waals surface area (Å²) < 4.78 is 0. The summed E-state index contributed by atoms with van der Waals surface area (Å²) in [6.45, 7) is 1.24. The molecule has 0 heterocycles. The molecule has 0 aliphatic heterocycles. The lowest BCUT2D eigenvalue weighted by Gasteiger charge is -1.96. The van der Waals surface area contributed by atoms with E-state index in [1.54, 1.807) is 24.3 Å². The van der Waals surface area contributed by atoms with E-state index in [0.29, 0.717) is 6.42 Å². The van der Waals surface area contributed by atoms with Crippen LogP contribution in [-0.4, -0.2) is 27.9 Å². The lowest BCUT2D eigenvalue weighted by atomic mass is 10.2. The number of aromatic hydroxyl groups is 1. The van der Waals surface area contributed by atoms with E-state index in [9.17, 15) is 0 Å². The lowest BCUT2D eigenvalue weighted by molar-refractivity contribution is -0.134. The number of rotatable bonds is 2. The quantitative estimate of drug-likeness (QED) is 0.663. The predicted octanol–water partition coefficient (Wildman–Crippen LogP) is 1.02. The summed E-state index contributed by atoms with van der Waals surface area (Å²) in [6, 6.07) is 6.83. The third kappa shape index (κ3) is 7.12. The van der Waals surface area contributed by atoms with E-state index in [-0.39, 0.29) is 12.4 Å². The number of phenolic OH excluding ortho intramolecular Hbond substituents is 1. The fourth-order valence-electron chi connectivity index (χ4n) is 0.792. The Morgan fingerprint density at radius 1 is 1.29 bits per heavy atom. The van der Waals surface area contributed by atoms with Crippen molar-refractivity contribution in [1.29, 1.82) is 0 Å². The molecule has 3 N–H and O–H groups in total. The number of carbonyl (C=O) groups is 1. The van der Waals surface area contributed by atoms with Crippen molar-refractivity contribution < 1.29 is 20.1 Å². The van der Waals surface area contributed by atoms with Gasteiger partial charge < -0.3 is 15.3 Å². The lowest BCUT2D eigenvalue weighted by Crippen LogP contribution is -1.88. The van der Waals surface area contributed by atoms with Gasteiger partial charge in [-0.3, -0.25) is 4.79 Å². The molecule has 0 aliphatic rings. The van der Waals surface area contributed by atoms with Gasteiger partial charge in [0.25, 0.3) is 5.97 Å². The Bertz CT molecular complexity index is 262. The number of carboxylic acids is 1. The Kier molecular flexibility index (Phi) is 6.15. The molecule has 0 atom stereocenters. The maximum absolute atomic E-state index is 9.00. The summed E-state index contributed by atoms with van der Waals surface area (Å²) in [6.07, 6.45) is 0.653. The van der Waals surface area contributed by atoms with E-state index in [0.717, 1.165) is 12.5 Å². The summed E-state index contributed by atoms with van der Waals surface area (Å²) in [7, 11) is 0. The minimum atomic E-state index is -0.833. The normalized spacial score (nSPS) is 8.71. The van der Waals surface area contributed by atoms with Crippen molar-refractivity contribution in [3.05, 3.63) is 29.8 Å². The van der Waals surface area contributed by atoms with Crippen LogP contribution >= 0.6 is 0 Å². The first-order valence-electron chi connectivity index (χ1n) is 4.14. The standard InChI is InChI=1S/C8H10O2.C2H4O2/c9-6-5-7-1-3-8(10)4-2-7;1-2(3)4/h1-4,9-10H,5-6H2;1H3,(H,3,4). The van der Waals surface area contributed by atoms with Gasteiger partial charge in [0.1, 0.15) is 5.75 Å². The third-order valence-electron chi connectivity index (χ3n) is 1.34. The van der Waals surface area contributed by atoms with Crippen LogP contribution in [0.3, 0.4) is 0 Å². The molecule has 1 rings (SSSR count). The van der Waals surface area contributed by atoms with E-state index in [4.69, 9.17) is 20.1 Å². The van der Waals surface area contributed by atoms with Gasteiger partial charge in [-0.15, -0.1) is 0 Å². The van der Waals surface area contributed by atoms with Gasteiger partial charge in [-0.2, -0.15) is 0 Å². The zero-order chi connectivity index (χ0) is 11.0. The molecule has 4 nitrogen and oxygen atoms in total. The molecule has 1 aromatic carbocycles. The highest BCUT2D eigenvalue weighted by atomic mass is 16.4. The number of hydrogen-bond donors (Lipinski definition) is 3. The summed E-state index contributed by atoms with van der Waals surface area (Å²) in [5, 5.41) is 24.8. The highest BCUT2D eigenvalue weighted by Crippen LogP contribution is 2.09. The molecule has 0 fully saturated rings. The minimum Gasteiger partial charge on any atom is -0.508 e. The second kappa shape index (κ2) is 6.91. The molecule has 0 amide bonds. The predicted molar refractivity (Wildman–Crippen MR) is 52.2 cm³/mol. The van der Waals surface area contributed by atoms with Crippen molar-refractivity contribution in [3.63, 3.8) is 0 Å². The summed E-state index contributed by atoms with van der Waals surface area (Å²) in [5.41, 5.74) is 1.04. The number of aliphatic hydroxyl groups is 1. The molecular weight excluding hydrogens is 184 g/mol. The van der Waals surface area contributed by atoms with Crippen molar-refractivity contribution in [2.45, 2.75) is 13.3 Å². The molecule has 0 unspecified atom stereocenters. The number of benzene rings is 1. The van der Waals surface area contributed by atoms with Gasteiger partial charge >= 0.3 is 0 Å². The van der Waals surface area contributed by atoms with Crippen molar-refractivity contribution in [1.82, 2.24) is 0 Å². The van der Waals surface area contributed by atoms with Crippen molar-refractivity contribution in [2.75, 3.05) is 6.61 Å². The average molecular weight is 198 g/mol. The van der Waals surface area contributed by atoms with Crippen LogP contribution in [0.1, 0.15) is 12.5 Å². The van der Waals surface area contributed by atoms with E-state index in [1.165, 1.54) is 0 Å². The number of phenols is 1. The van der Waals surface area contributed by atoms with Gasteiger partial charge in [0.15, 0.2) is 0 Å². The van der Waals surface area contributed by atoms with Crippen LogP contribution in [0.2, 0.25) is 0 Å². The zero-order valence-corrected chi connectivity index (χ0v) is 7.97. The SMILES string of the molecule is CC(=O)O.OCCc1ccc(O)cc1. The maximum atomic E-state index is 9.00. The van der Waals surface area contributed by atoms with Crippen LogP contribution in [0.5, 0.6) is 5.75 Å². The molecular formula is C10H14O4. The van der Waals surface area contributed by atoms with E-state index in [1.807, 2.05) is 0 Å². The Hall–Kier alpha value is -1.55. The van der Waals surface area contributed by atoms with Gasteiger partial charge in [0.2, 0.25) is 0 Å². The Morgan fingerprint density at radius 3 is 2.07 bits per heavy atom. The molecule has 0 aromatic heterocycles. The Balaban J connectivity index is 0.000000364. The fourth-order valence-corrected chi connectivity index (χ4v) is 0.792. The van der Waals surface area contributed by atoms with Crippen LogP contribution in [0.15, 0.2) is 24.3 Å². The van der Waals surface area contributed by atoms with Crippen LogP contribution in [0, 0.1) is 0 Å². The number of carboxylic acid groups (broad SMARTS) is 1. The first-order chi connectivity index (χ1) is 6.56. The van der Waals surface area contributed by atoms with E-state index < -0.39 is 5.97 Å². The maximum Gasteiger partial charge on any atom is 0.300 e. The largest absolute Gasteiger partial charge is 0.508 e. The summed E-state index contributed by atoms with van der Waals surface area (Å²) >= 11 is 0.